The molecule has 3 aromatic rings. The minimum absolute atomic E-state index is 0.0470. The fourth-order valence-electron chi connectivity index (χ4n) is 4.73. The van der Waals surface area contributed by atoms with E-state index in [4.69, 9.17) is 32.7 Å². The first-order chi connectivity index (χ1) is 21.1. The Morgan fingerprint density at radius 3 is 2.27 bits per heavy atom. The van der Waals surface area contributed by atoms with E-state index in [1.54, 1.807) is 25.1 Å². The summed E-state index contributed by atoms with van der Waals surface area (Å²) in [5.74, 6) is -1.03. The summed E-state index contributed by atoms with van der Waals surface area (Å²) in [6.07, 6.45) is 1.84. The van der Waals surface area contributed by atoms with Gasteiger partial charge in [0.05, 0.1) is 10.6 Å². The van der Waals surface area contributed by atoms with Gasteiger partial charge in [0.15, 0.2) is 11.5 Å². The number of halogens is 3. The number of amides is 2. The van der Waals surface area contributed by atoms with E-state index < -0.39 is 34.3 Å². The van der Waals surface area contributed by atoms with Crippen molar-refractivity contribution in [2.75, 3.05) is 30.6 Å². The van der Waals surface area contributed by atoms with Crippen LogP contribution in [0.4, 0.5) is 10.1 Å². The fourth-order valence-corrected chi connectivity index (χ4v) is 6.67. The van der Waals surface area contributed by atoms with E-state index in [1.807, 2.05) is 6.92 Å². The zero-order valence-corrected chi connectivity index (χ0v) is 26.7. The van der Waals surface area contributed by atoms with Gasteiger partial charge in [0.25, 0.3) is 10.0 Å². The Morgan fingerprint density at radius 1 is 0.977 bits per heavy atom. The molecule has 2 amide bonds. The molecule has 0 radical (unpaired) electrons. The van der Waals surface area contributed by atoms with Crippen molar-refractivity contribution in [2.45, 2.75) is 50.6 Å². The van der Waals surface area contributed by atoms with Crippen molar-refractivity contribution >= 4 is 50.7 Å². The van der Waals surface area contributed by atoms with Gasteiger partial charge in [0.1, 0.15) is 31.6 Å². The highest BCUT2D eigenvalue weighted by atomic mass is 35.5. The molecule has 1 atom stereocenters. The fraction of sp³-hybridized carbons (Fsp3) is 0.355. The Labute approximate surface area is 266 Å². The second-order valence-corrected chi connectivity index (χ2v) is 12.8. The molecule has 1 aliphatic heterocycles. The molecule has 0 fully saturated rings. The molecule has 0 saturated heterocycles. The lowest BCUT2D eigenvalue weighted by molar-refractivity contribution is -0.140. The van der Waals surface area contributed by atoms with E-state index in [2.05, 4.69) is 5.32 Å². The third-order valence-electron chi connectivity index (χ3n) is 7.10. The number of unbranched alkanes of at least 4 members (excludes halogenated alkanes) is 1. The Morgan fingerprint density at radius 2 is 1.64 bits per heavy atom. The Balaban J connectivity index is 1.75. The van der Waals surface area contributed by atoms with Crippen LogP contribution in [-0.2, 0) is 26.2 Å². The number of anilines is 1. The summed E-state index contributed by atoms with van der Waals surface area (Å²) in [5.41, 5.74) is 0.456. The van der Waals surface area contributed by atoms with Gasteiger partial charge < -0.3 is 19.7 Å². The highest BCUT2D eigenvalue weighted by Crippen LogP contribution is 2.35. The van der Waals surface area contributed by atoms with Gasteiger partial charge in [-0.2, -0.15) is 0 Å². The van der Waals surface area contributed by atoms with Crippen LogP contribution in [0, 0.1) is 5.82 Å². The van der Waals surface area contributed by atoms with Crippen molar-refractivity contribution in [3.8, 4) is 11.5 Å². The highest BCUT2D eigenvalue weighted by molar-refractivity contribution is 7.92. The molecule has 9 nitrogen and oxygen atoms in total. The molecule has 236 valence electrons. The number of fused-ring (bicyclic) bond motifs is 1. The third kappa shape index (κ3) is 7.75. The predicted octanol–water partition coefficient (Wildman–Crippen LogP) is 5.82. The number of nitrogens with one attached hydrogen (secondary N) is 1. The standard InChI is InChI=1S/C31H34Cl2FN3O6S/c1-3-5-15-35-31(39)27(4-2)36(19-24-25(32)7-6-8-26(24)33)30(38)20-37(22-11-9-21(34)10-12-22)44(40,41)23-13-14-28-29(18-23)43-17-16-42-28/h6-14,18,27H,3-5,15-17,19-20H2,1-2H3,(H,35,39)/t27-/m1/s1. The average molecular weight is 667 g/mol. The maximum absolute atomic E-state index is 14.2. The molecule has 0 aromatic heterocycles. The van der Waals surface area contributed by atoms with E-state index in [0.29, 0.717) is 24.5 Å². The first-order valence-corrected chi connectivity index (χ1v) is 16.4. The maximum Gasteiger partial charge on any atom is 0.264 e. The smallest absolute Gasteiger partial charge is 0.264 e. The van der Waals surface area contributed by atoms with Crippen LogP contribution in [0.25, 0.3) is 0 Å². The zero-order valence-electron chi connectivity index (χ0n) is 24.4. The van der Waals surface area contributed by atoms with Gasteiger partial charge in [-0.3, -0.25) is 13.9 Å². The molecular formula is C31H34Cl2FN3O6S. The number of nitrogens with zero attached hydrogens (tertiary/aromatic N) is 2. The topological polar surface area (TPSA) is 105 Å². The van der Waals surface area contributed by atoms with E-state index in [1.165, 1.54) is 35.2 Å². The van der Waals surface area contributed by atoms with Crippen LogP contribution in [0.1, 0.15) is 38.7 Å². The van der Waals surface area contributed by atoms with Crippen molar-refractivity contribution in [2.24, 2.45) is 0 Å². The number of sulfonamides is 1. The number of carbonyl (C=O) groups is 2. The van der Waals surface area contributed by atoms with E-state index in [9.17, 15) is 22.4 Å². The average Bonchev–Trinajstić information content (AvgIpc) is 3.01. The number of rotatable bonds is 13. The van der Waals surface area contributed by atoms with Crippen LogP contribution in [-0.4, -0.2) is 57.5 Å². The molecule has 1 aliphatic rings. The Hall–Kier alpha value is -3.54. The molecule has 0 bridgehead atoms. The van der Waals surface area contributed by atoms with Gasteiger partial charge in [-0.25, -0.2) is 12.8 Å². The number of hydrogen-bond acceptors (Lipinski definition) is 6. The van der Waals surface area contributed by atoms with Gasteiger partial charge >= 0.3 is 0 Å². The van der Waals surface area contributed by atoms with Crippen LogP contribution >= 0.6 is 23.2 Å². The number of carbonyl (C=O) groups excluding carboxylic acids is 2. The minimum atomic E-state index is -4.41. The molecule has 0 saturated carbocycles. The Kier molecular flexibility index (Phi) is 11.3. The summed E-state index contributed by atoms with van der Waals surface area (Å²) >= 11 is 12.9. The molecule has 13 heteroatoms. The largest absolute Gasteiger partial charge is 0.486 e. The number of ether oxygens (including phenoxy) is 2. The summed E-state index contributed by atoms with van der Waals surface area (Å²) in [6, 6.07) is 12.8. The van der Waals surface area contributed by atoms with E-state index in [-0.39, 0.29) is 51.9 Å². The van der Waals surface area contributed by atoms with Crippen molar-refractivity contribution < 1.29 is 31.9 Å². The molecule has 0 spiro atoms. The summed E-state index contributed by atoms with van der Waals surface area (Å²) in [5, 5.41) is 3.44. The van der Waals surface area contributed by atoms with Crippen LogP contribution < -0.4 is 19.1 Å². The predicted molar refractivity (Wildman–Crippen MR) is 167 cm³/mol. The van der Waals surface area contributed by atoms with Crippen molar-refractivity contribution in [1.29, 1.82) is 0 Å². The summed E-state index contributed by atoms with van der Waals surface area (Å²) < 4.78 is 54.1. The van der Waals surface area contributed by atoms with Gasteiger partial charge in [0.2, 0.25) is 11.8 Å². The number of benzene rings is 3. The second-order valence-electron chi connectivity index (χ2n) is 10.1. The van der Waals surface area contributed by atoms with E-state index in [0.717, 1.165) is 29.3 Å². The van der Waals surface area contributed by atoms with Crippen molar-refractivity contribution in [3.05, 3.63) is 82.1 Å². The monoisotopic (exact) mass is 665 g/mol. The van der Waals surface area contributed by atoms with Gasteiger partial charge in [-0.1, -0.05) is 49.5 Å². The maximum atomic E-state index is 14.2. The lowest BCUT2D eigenvalue weighted by atomic mass is 10.1. The van der Waals surface area contributed by atoms with E-state index >= 15 is 0 Å². The lowest BCUT2D eigenvalue weighted by Gasteiger charge is -2.33. The molecular weight excluding hydrogens is 632 g/mol. The quantitative estimate of drug-likeness (QED) is 0.231. The molecule has 1 heterocycles. The molecule has 44 heavy (non-hydrogen) atoms. The normalized spacial score (nSPS) is 13.2. The summed E-state index contributed by atoms with van der Waals surface area (Å²) in [4.78, 5) is 28.7. The zero-order chi connectivity index (χ0) is 31.9. The first kappa shape index (κ1) is 33.4. The van der Waals surface area contributed by atoms with Gasteiger partial charge in [-0.05, 0) is 61.4 Å². The SMILES string of the molecule is CCCCNC(=O)[C@@H](CC)N(Cc1c(Cl)cccc1Cl)C(=O)CN(c1ccc(F)cc1)S(=O)(=O)c1ccc2c(c1)OCCO2. The number of hydrogen-bond donors (Lipinski definition) is 1. The van der Waals surface area contributed by atoms with Crippen LogP contribution in [0.5, 0.6) is 11.5 Å². The molecule has 1 N–H and O–H groups in total. The van der Waals surface area contributed by atoms with Crippen molar-refractivity contribution in [3.63, 3.8) is 0 Å². The Bertz CT molecular complexity index is 1570. The second kappa shape index (κ2) is 15.0. The molecule has 4 rings (SSSR count). The molecule has 3 aromatic carbocycles. The van der Waals surface area contributed by atoms with Crippen LogP contribution in [0.2, 0.25) is 10.0 Å². The van der Waals surface area contributed by atoms with Gasteiger partial charge in [-0.15, -0.1) is 0 Å². The lowest BCUT2D eigenvalue weighted by Crippen LogP contribution is -2.52. The molecule has 0 aliphatic carbocycles. The summed E-state index contributed by atoms with van der Waals surface area (Å²) in [6.45, 7) is 3.87. The van der Waals surface area contributed by atoms with Crippen LogP contribution in [0.3, 0.4) is 0 Å². The minimum Gasteiger partial charge on any atom is -0.486 e. The third-order valence-corrected chi connectivity index (χ3v) is 9.58. The summed E-state index contributed by atoms with van der Waals surface area (Å²) in [7, 11) is -4.41. The van der Waals surface area contributed by atoms with Gasteiger partial charge in [0, 0.05) is 34.8 Å². The van der Waals surface area contributed by atoms with Crippen molar-refractivity contribution in [1.82, 2.24) is 10.2 Å². The first-order valence-electron chi connectivity index (χ1n) is 14.2. The highest BCUT2D eigenvalue weighted by Gasteiger charge is 2.35. The molecule has 0 unspecified atom stereocenters. The van der Waals surface area contributed by atoms with Crippen LogP contribution in [0.15, 0.2) is 65.6 Å².